The van der Waals surface area contributed by atoms with Crippen molar-refractivity contribution in [2.45, 2.75) is 49.4 Å². The summed E-state index contributed by atoms with van der Waals surface area (Å²) < 4.78 is 0. The van der Waals surface area contributed by atoms with Crippen molar-refractivity contribution in [1.82, 2.24) is 15.3 Å². The van der Waals surface area contributed by atoms with E-state index in [1.165, 1.54) is 43.0 Å². The first-order chi connectivity index (χ1) is 11.2. The number of amides is 1. The molecule has 1 aromatic heterocycles. The first-order valence-electron chi connectivity index (χ1n) is 8.29. The van der Waals surface area contributed by atoms with Crippen LogP contribution in [0.3, 0.4) is 0 Å². The second-order valence-electron chi connectivity index (χ2n) is 5.97. The molecular formula is C18H23N3OS. The zero-order chi connectivity index (χ0) is 16.1. The van der Waals surface area contributed by atoms with E-state index in [4.69, 9.17) is 0 Å². The third-order valence-corrected chi connectivity index (χ3v) is 5.14. The van der Waals surface area contributed by atoms with Crippen molar-refractivity contribution in [3.05, 3.63) is 35.9 Å². The molecule has 1 aliphatic carbocycles. The minimum atomic E-state index is -0.157. The average molecular weight is 329 g/mol. The SMILES string of the molecule is CC(Sc1nc2ccccc2[nH]1)C(=O)NCCC1=CCCCC1. The van der Waals surface area contributed by atoms with E-state index in [-0.39, 0.29) is 11.2 Å². The predicted molar refractivity (Wildman–Crippen MR) is 95.6 cm³/mol. The maximum absolute atomic E-state index is 12.2. The Morgan fingerprint density at radius 3 is 3.04 bits per heavy atom. The third kappa shape index (κ3) is 4.38. The summed E-state index contributed by atoms with van der Waals surface area (Å²) in [6.07, 6.45) is 8.30. The van der Waals surface area contributed by atoms with Crippen LogP contribution in [0.15, 0.2) is 41.1 Å². The van der Waals surface area contributed by atoms with Crippen LogP contribution in [0, 0.1) is 0 Å². The van der Waals surface area contributed by atoms with Gasteiger partial charge in [0.1, 0.15) is 0 Å². The number of benzene rings is 1. The molecule has 1 unspecified atom stereocenters. The molecule has 1 aliphatic rings. The lowest BCUT2D eigenvalue weighted by molar-refractivity contribution is -0.120. The minimum Gasteiger partial charge on any atom is -0.355 e. The summed E-state index contributed by atoms with van der Waals surface area (Å²) in [5, 5.41) is 3.68. The van der Waals surface area contributed by atoms with Crippen LogP contribution in [-0.4, -0.2) is 27.7 Å². The Morgan fingerprint density at radius 1 is 1.39 bits per heavy atom. The Balaban J connectivity index is 1.48. The standard InChI is InChI=1S/C18H23N3OS/c1-13(17(22)19-12-11-14-7-3-2-4-8-14)23-18-20-15-9-5-6-10-16(15)21-18/h5-7,9-10,13H,2-4,8,11-12H2,1H3,(H,19,22)(H,20,21). The number of fused-ring (bicyclic) bond motifs is 1. The number of thioether (sulfide) groups is 1. The zero-order valence-corrected chi connectivity index (χ0v) is 14.3. The summed E-state index contributed by atoms with van der Waals surface area (Å²) >= 11 is 1.47. The predicted octanol–water partition coefficient (Wildman–Crippen LogP) is 4.05. The Kier molecular flexibility index (Phi) is 5.39. The molecule has 2 N–H and O–H groups in total. The van der Waals surface area contributed by atoms with Gasteiger partial charge in [-0.1, -0.05) is 35.5 Å². The highest BCUT2D eigenvalue weighted by Gasteiger charge is 2.16. The van der Waals surface area contributed by atoms with E-state index in [9.17, 15) is 4.79 Å². The van der Waals surface area contributed by atoms with Gasteiger partial charge in [0.2, 0.25) is 5.91 Å². The highest BCUT2D eigenvalue weighted by atomic mass is 32.2. The van der Waals surface area contributed by atoms with E-state index in [0.717, 1.165) is 29.2 Å². The van der Waals surface area contributed by atoms with Gasteiger partial charge in [-0.05, 0) is 51.2 Å². The van der Waals surface area contributed by atoms with Crippen molar-refractivity contribution >= 4 is 28.7 Å². The first kappa shape index (κ1) is 16.1. The van der Waals surface area contributed by atoms with Crippen LogP contribution in [0.5, 0.6) is 0 Å². The fraction of sp³-hybridized carbons (Fsp3) is 0.444. The molecule has 1 heterocycles. The number of rotatable bonds is 6. The molecular weight excluding hydrogens is 306 g/mol. The van der Waals surface area contributed by atoms with Crippen LogP contribution in [0.4, 0.5) is 0 Å². The van der Waals surface area contributed by atoms with E-state index in [1.807, 2.05) is 31.2 Å². The lowest BCUT2D eigenvalue weighted by Gasteiger charge is -2.14. The molecule has 0 spiro atoms. The second kappa shape index (κ2) is 7.68. The summed E-state index contributed by atoms with van der Waals surface area (Å²) in [6, 6.07) is 7.91. The highest BCUT2D eigenvalue weighted by molar-refractivity contribution is 8.00. The molecule has 0 saturated heterocycles. The lowest BCUT2D eigenvalue weighted by Crippen LogP contribution is -2.31. The topological polar surface area (TPSA) is 57.8 Å². The Hall–Kier alpha value is -1.75. The third-order valence-electron chi connectivity index (χ3n) is 4.16. The smallest absolute Gasteiger partial charge is 0.233 e. The molecule has 0 aliphatic heterocycles. The number of hydrogen-bond donors (Lipinski definition) is 2. The van der Waals surface area contributed by atoms with E-state index >= 15 is 0 Å². The summed E-state index contributed by atoms with van der Waals surface area (Å²) in [5.74, 6) is 0.0758. The Labute approximate surface area is 141 Å². The summed E-state index contributed by atoms with van der Waals surface area (Å²) in [5.41, 5.74) is 3.44. The Morgan fingerprint density at radius 2 is 2.26 bits per heavy atom. The highest BCUT2D eigenvalue weighted by Crippen LogP contribution is 2.23. The van der Waals surface area contributed by atoms with E-state index in [1.54, 1.807) is 0 Å². The molecule has 0 saturated carbocycles. The van der Waals surface area contributed by atoms with Gasteiger partial charge < -0.3 is 10.3 Å². The molecule has 0 bridgehead atoms. The van der Waals surface area contributed by atoms with Crippen LogP contribution in [0.25, 0.3) is 11.0 Å². The number of hydrogen-bond acceptors (Lipinski definition) is 3. The van der Waals surface area contributed by atoms with Crippen LogP contribution >= 0.6 is 11.8 Å². The van der Waals surface area contributed by atoms with E-state index in [2.05, 4.69) is 21.4 Å². The average Bonchev–Trinajstić information content (AvgIpc) is 2.98. The van der Waals surface area contributed by atoms with Crippen LogP contribution in [-0.2, 0) is 4.79 Å². The van der Waals surface area contributed by atoms with Crippen molar-refractivity contribution in [3.63, 3.8) is 0 Å². The number of aromatic amines is 1. The largest absolute Gasteiger partial charge is 0.355 e. The molecule has 1 atom stereocenters. The number of imidazole rings is 1. The van der Waals surface area contributed by atoms with Gasteiger partial charge in [0, 0.05) is 6.54 Å². The number of aromatic nitrogens is 2. The number of H-pyrrole nitrogens is 1. The Bertz CT molecular complexity index is 674. The van der Waals surface area contributed by atoms with Crippen molar-refractivity contribution in [2.24, 2.45) is 0 Å². The zero-order valence-electron chi connectivity index (χ0n) is 13.5. The van der Waals surface area contributed by atoms with Gasteiger partial charge in [0.25, 0.3) is 0 Å². The van der Waals surface area contributed by atoms with Crippen LogP contribution in [0.1, 0.15) is 39.0 Å². The van der Waals surface area contributed by atoms with Crippen molar-refractivity contribution in [1.29, 1.82) is 0 Å². The molecule has 0 fully saturated rings. The van der Waals surface area contributed by atoms with Crippen molar-refractivity contribution in [2.75, 3.05) is 6.54 Å². The van der Waals surface area contributed by atoms with Gasteiger partial charge in [0.05, 0.1) is 16.3 Å². The van der Waals surface area contributed by atoms with Gasteiger partial charge in [0.15, 0.2) is 5.16 Å². The van der Waals surface area contributed by atoms with Gasteiger partial charge in [-0.25, -0.2) is 4.98 Å². The van der Waals surface area contributed by atoms with E-state index < -0.39 is 0 Å². The van der Waals surface area contributed by atoms with Gasteiger partial charge in [-0.15, -0.1) is 0 Å². The number of allylic oxidation sites excluding steroid dienone is 1. The van der Waals surface area contributed by atoms with Crippen molar-refractivity contribution < 1.29 is 4.79 Å². The summed E-state index contributed by atoms with van der Waals surface area (Å²) in [4.78, 5) is 20.0. The van der Waals surface area contributed by atoms with E-state index in [0.29, 0.717) is 0 Å². The quantitative estimate of drug-likeness (QED) is 0.621. The maximum Gasteiger partial charge on any atom is 0.233 e. The number of carbonyl (C=O) groups is 1. The van der Waals surface area contributed by atoms with Crippen LogP contribution in [0.2, 0.25) is 0 Å². The summed E-state index contributed by atoms with van der Waals surface area (Å²) in [7, 11) is 0. The number of para-hydroxylation sites is 2. The molecule has 1 aromatic carbocycles. The molecule has 3 rings (SSSR count). The maximum atomic E-state index is 12.2. The molecule has 5 heteroatoms. The molecule has 2 aromatic rings. The fourth-order valence-corrected chi connectivity index (χ4v) is 3.67. The van der Waals surface area contributed by atoms with Gasteiger partial charge >= 0.3 is 0 Å². The summed E-state index contributed by atoms with van der Waals surface area (Å²) in [6.45, 7) is 2.66. The van der Waals surface area contributed by atoms with Crippen LogP contribution < -0.4 is 5.32 Å². The number of nitrogens with one attached hydrogen (secondary N) is 2. The van der Waals surface area contributed by atoms with Gasteiger partial charge in [-0.2, -0.15) is 0 Å². The normalized spacial score (nSPS) is 16.1. The number of nitrogens with zero attached hydrogens (tertiary/aromatic N) is 1. The molecule has 23 heavy (non-hydrogen) atoms. The monoisotopic (exact) mass is 329 g/mol. The van der Waals surface area contributed by atoms with Gasteiger partial charge in [-0.3, -0.25) is 4.79 Å². The number of carbonyl (C=O) groups excluding carboxylic acids is 1. The molecule has 122 valence electrons. The van der Waals surface area contributed by atoms with Crippen molar-refractivity contribution in [3.8, 4) is 0 Å². The first-order valence-corrected chi connectivity index (χ1v) is 9.17. The molecule has 1 amide bonds. The molecule has 4 nitrogen and oxygen atoms in total. The fourth-order valence-electron chi connectivity index (χ4n) is 2.83. The second-order valence-corrected chi connectivity index (χ2v) is 7.30. The minimum absolute atomic E-state index is 0.0758. The lowest BCUT2D eigenvalue weighted by atomic mass is 9.97. The molecule has 0 radical (unpaired) electrons.